The van der Waals surface area contributed by atoms with E-state index >= 15 is 0 Å². The lowest BCUT2D eigenvalue weighted by molar-refractivity contribution is 0.0723. The molecule has 108 valence electrons. The van der Waals surface area contributed by atoms with Gasteiger partial charge in [-0.3, -0.25) is 4.79 Å². The fourth-order valence-corrected chi connectivity index (χ4v) is 2.66. The average Bonchev–Trinajstić information content (AvgIpc) is 3.01. The van der Waals surface area contributed by atoms with E-state index in [1.54, 1.807) is 18.3 Å². The second-order valence-corrected chi connectivity index (χ2v) is 5.34. The Kier molecular flexibility index (Phi) is 4.16. The van der Waals surface area contributed by atoms with Crippen molar-refractivity contribution in [1.29, 1.82) is 0 Å². The second-order valence-electron chi connectivity index (χ2n) is 5.34. The molecule has 20 heavy (non-hydrogen) atoms. The van der Waals surface area contributed by atoms with Crippen molar-refractivity contribution in [3.05, 3.63) is 23.9 Å². The molecule has 1 amide bonds. The van der Waals surface area contributed by atoms with Crippen molar-refractivity contribution in [3.8, 4) is 5.88 Å². The number of piperidine rings is 1. The number of pyridine rings is 1. The Labute approximate surface area is 118 Å². The lowest BCUT2D eigenvalue weighted by atomic mass is 10.1. The number of rotatable bonds is 3. The van der Waals surface area contributed by atoms with Gasteiger partial charge in [0.1, 0.15) is 6.10 Å². The van der Waals surface area contributed by atoms with Gasteiger partial charge in [0.25, 0.3) is 5.91 Å². The Morgan fingerprint density at radius 3 is 2.95 bits per heavy atom. The molecule has 2 aliphatic heterocycles. The van der Waals surface area contributed by atoms with E-state index < -0.39 is 0 Å². The first-order valence-electron chi connectivity index (χ1n) is 7.33. The molecule has 1 aromatic rings. The third-order valence-corrected chi connectivity index (χ3v) is 3.80. The second kappa shape index (κ2) is 6.22. The zero-order valence-electron chi connectivity index (χ0n) is 11.6. The molecule has 1 unspecified atom stereocenters. The highest BCUT2D eigenvalue weighted by molar-refractivity contribution is 5.94. The summed E-state index contributed by atoms with van der Waals surface area (Å²) in [6.45, 7) is 3.05. The van der Waals surface area contributed by atoms with E-state index in [0.29, 0.717) is 18.1 Å². The molecule has 0 aliphatic carbocycles. The van der Waals surface area contributed by atoms with Crippen LogP contribution in [0, 0.1) is 0 Å². The summed E-state index contributed by atoms with van der Waals surface area (Å²) in [5, 5.41) is 0. The molecule has 1 aromatic heterocycles. The quantitative estimate of drug-likeness (QED) is 0.846. The minimum absolute atomic E-state index is 0.0582. The van der Waals surface area contributed by atoms with Crippen LogP contribution in [-0.2, 0) is 4.74 Å². The van der Waals surface area contributed by atoms with E-state index in [1.807, 2.05) is 4.90 Å². The molecule has 0 aromatic carbocycles. The van der Waals surface area contributed by atoms with E-state index in [1.165, 1.54) is 6.42 Å². The normalized spacial score (nSPS) is 22.8. The third-order valence-electron chi connectivity index (χ3n) is 3.80. The zero-order chi connectivity index (χ0) is 13.8. The minimum atomic E-state index is 0.0582. The third kappa shape index (κ3) is 3.10. The van der Waals surface area contributed by atoms with Gasteiger partial charge in [-0.15, -0.1) is 0 Å². The highest BCUT2D eigenvalue weighted by atomic mass is 16.5. The summed E-state index contributed by atoms with van der Waals surface area (Å²) in [5.74, 6) is 0.600. The maximum atomic E-state index is 12.4. The van der Waals surface area contributed by atoms with E-state index in [0.717, 1.165) is 39.0 Å². The largest absolute Gasteiger partial charge is 0.472 e. The standard InChI is InChI=1S/C15H20N2O3/c18-15(17-7-2-1-3-8-17)12-4-6-16-14(10-12)20-13-5-9-19-11-13/h4,6,10,13H,1-3,5,7-9,11H2. The first kappa shape index (κ1) is 13.4. The number of hydrogen-bond acceptors (Lipinski definition) is 4. The maximum Gasteiger partial charge on any atom is 0.254 e. The predicted molar refractivity (Wildman–Crippen MR) is 73.8 cm³/mol. The lowest BCUT2D eigenvalue weighted by Crippen LogP contribution is -2.35. The van der Waals surface area contributed by atoms with Gasteiger partial charge in [0.15, 0.2) is 0 Å². The highest BCUT2D eigenvalue weighted by Gasteiger charge is 2.21. The molecule has 2 saturated heterocycles. The van der Waals surface area contributed by atoms with E-state index in [-0.39, 0.29) is 12.0 Å². The van der Waals surface area contributed by atoms with Crippen molar-refractivity contribution in [2.75, 3.05) is 26.3 Å². The van der Waals surface area contributed by atoms with Gasteiger partial charge in [-0.05, 0) is 25.3 Å². The van der Waals surface area contributed by atoms with E-state index in [9.17, 15) is 4.79 Å². The summed E-state index contributed by atoms with van der Waals surface area (Å²) in [4.78, 5) is 18.5. The molecule has 5 heteroatoms. The fraction of sp³-hybridized carbons (Fsp3) is 0.600. The van der Waals surface area contributed by atoms with Crippen LogP contribution >= 0.6 is 0 Å². The number of ether oxygens (including phenoxy) is 2. The van der Waals surface area contributed by atoms with Crippen molar-refractivity contribution in [2.45, 2.75) is 31.8 Å². The van der Waals surface area contributed by atoms with Crippen molar-refractivity contribution in [3.63, 3.8) is 0 Å². The Morgan fingerprint density at radius 1 is 1.35 bits per heavy atom. The van der Waals surface area contributed by atoms with Crippen molar-refractivity contribution < 1.29 is 14.3 Å². The molecule has 2 aliphatic rings. The fourth-order valence-electron chi connectivity index (χ4n) is 2.66. The molecular weight excluding hydrogens is 256 g/mol. The lowest BCUT2D eigenvalue weighted by Gasteiger charge is -2.26. The molecule has 0 N–H and O–H groups in total. The number of amides is 1. The summed E-state index contributed by atoms with van der Waals surface area (Å²) >= 11 is 0. The van der Waals surface area contributed by atoms with Crippen LogP contribution in [-0.4, -0.2) is 48.2 Å². The predicted octanol–water partition coefficient (Wildman–Crippen LogP) is 1.88. The maximum absolute atomic E-state index is 12.4. The first-order chi connectivity index (χ1) is 9.83. The number of carbonyl (C=O) groups is 1. The van der Waals surface area contributed by atoms with Gasteiger partial charge in [-0.1, -0.05) is 0 Å². The molecule has 2 fully saturated rings. The molecule has 3 heterocycles. The molecule has 1 atom stereocenters. The van der Waals surface area contributed by atoms with Crippen LogP contribution in [0.3, 0.4) is 0 Å². The van der Waals surface area contributed by atoms with Crippen LogP contribution in [0.15, 0.2) is 18.3 Å². The van der Waals surface area contributed by atoms with Crippen LogP contribution < -0.4 is 4.74 Å². The Hall–Kier alpha value is -1.62. The molecule has 3 rings (SSSR count). The molecule has 0 bridgehead atoms. The first-order valence-corrected chi connectivity index (χ1v) is 7.33. The molecule has 0 saturated carbocycles. The number of likely N-dealkylation sites (tertiary alicyclic amines) is 1. The molecule has 0 radical (unpaired) electrons. The van der Waals surface area contributed by atoms with Gasteiger partial charge in [-0.2, -0.15) is 0 Å². The smallest absolute Gasteiger partial charge is 0.254 e. The summed E-state index contributed by atoms with van der Waals surface area (Å²) < 4.78 is 11.0. The summed E-state index contributed by atoms with van der Waals surface area (Å²) in [6, 6.07) is 3.50. The molecular formula is C15H20N2O3. The Bertz CT molecular complexity index is 466. The summed E-state index contributed by atoms with van der Waals surface area (Å²) in [6.07, 6.45) is 5.99. The van der Waals surface area contributed by atoms with Gasteiger partial charge in [0.05, 0.1) is 13.2 Å². The van der Waals surface area contributed by atoms with Gasteiger partial charge in [0, 0.05) is 37.3 Å². The van der Waals surface area contributed by atoms with Crippen LogP contribution in [0.25, 0.3) is 0 Å². The minimum Gasteiger partial charge on any atom is -0.472 e. The Balaban J connectivity index is 1.67. The number of carbonyl (C=O) groups excluding carboxylic acids is 1. The van der Waals surface area contributed by atoms with Gasteiger partial charge >= 0.3 is 0 Å². The Morgan fingerprint density at radius 2 is 2.20 bits per heavy atom. The van der Waals surface area contributed by atoms with Crippen molar-refractivity contribution >= 4 is 5.91 Å². The number of hydrogen-bond donors (Lipinski definition) is 0. The van der Waals surface area contributed by atoms with Crippen molar-refractivity contribution in [2.24, 2.45) is 0 Å². The van der Waals surface area contributed by atoms with Crippen LogP contribution in [0.2, 0.25) is 0 Å². The van der Waals surface area contributed by atoms with Gasteiger partial charge in [0.2, 0.25) is 5.88 Å². The average molecular weight is 276 g/mol. The van der Waals surface area contributed by atoms with Crippen LogP contribution in [0.5, 0.6) is 5.88 Å². The van der Waals surface area contributed by atoms with Crippen molar-refractivity contribution in [1.82, 2.24) is 9.88 Å². The highest BCUT2D eigenvalue weighted by Crippen LogP contribution is 2.18. The van der Waals surface area contributed by atoms with Gasteiger partial charge in [-0.25, -0.2) is 4.98 Å². The summed E-state index contributed by atoms with van der Waals surface area (Å²) in [7, 11) is 0. The SMILES string of the molecule is O=C(c1ccnc(OC2CCOC2)c1)N1CCCCC1. The van der Waals surface area contributed by atoms with Gasteiger partial charge < -0.3 is 14.4 Å². The monoisotopic (exact) mass is 276 g/mol. The van der Waals surface area contributed by atoms with Crippen LogP contribution in [0.1, 0.15) is 36.0 Å². The molecule has 0 spiro atoms. The number of aromatic nitrogens is 1. The van der Waals surface area contributed by atoms with Crippen LogP contribution in [0.4, 0.5) is 0 Å². The van der Waals surface area contributed by atoms with E-state index in [2.05, 4.69) is 4.98 Å². The summed E-state index contributed by atoms with van der Waals surface area (Å²) in [5.41, 5.74) is 0.663. The molecule has 5 nitrogen and oxygen atoms in total. The zero-order valence-corrected chi connectivity index (χ0v) is 11.6. The number of nitrogens with zero attached hydrogens (tertiary/aromatic N) is 2. The van der Waals surface area contributed by atoms with E-state index in [4.69, 9.17) is 9.47 Å². The topological polar surface area (TPSA) is 51.7 Å².